The van der Waals surface area contributed by atoms with Crippen molar-refractivity contribution in [2.75, 3.05) is 18.8 Å². The second-order valence-corrected chi connectivity index (χ2v) is 6.35. The molecule has 2 heterocycles. The number of halogens is 2. The van der Waals surface area contributed by atoms with Crippen LogP contribution in [0.15, 0.2) is 24.5 Å². The van der Waals surface area contributed by atoms with Gasteiger partial charge in [0.25, 0.3) is 5.91 Å². The van der Waals surface area contributed by atoms with Gasteiger partial charge in [0.1, 0.15) is 0 Å². The van der Waals surface area contributed by atoms with Crippen molar-refractivity contribution in [3.05, 3.63) is 45.7 Å². The van der Waals surface area contributed by atoms with Gasteiger partial charge in [-0.05, 0) is 24.1 Å². The standard InChI is InChI=1S/C15H16Cl2N4O/c1-20-7-11(6-19-20)9-2-3-21(8-9)15(22)10-4-12(16)14(18)13(17)5-10/h4-7,9H,2-3,8,18H2,1H3. The van der Waals surface area contributed by atoms with Crippen molar-refractivity contribution in [1.82, 2.24) is 14.7 Å². The first-order valence-electron chi connectivity index (χ1n) is 6.98. The van der Waals surface area contributed by atoms with E-state index in [1.807, 2.05) is 24.3 Å². The van der Waals surface area contributed by atoms with E-state index in [0.29, 0.717) is 40.3 Å². The van der Waals surface area contributed by atoms with Crippen LogP contribution in [0.2, 0.25) is 10.0 Å². The van der Waals surface area contributed by atoms with Gasteiger partial charge in [-0.3, -0.25) is 9.48 Å². The van der Waals surface area contributed by atoms with Crippen LogP contribution in [-0.4, -0.2) is 33.7 Å². The van der Waals surface area contributed by atoms with Gasteiger partial charge in [0.05, 0.1) is 21.9 Å². The number of amides is 1. The zero-order chi connectivity index (χ0) is 15.9. The summed E-state index contributed by atoms with van der Waals surface area (Å²) in [5.74, 6) is 0.243. The molecule has 7 heteroatoms. The first-order chi connectivity index (χ1) is 10.5. The molecule has 1 amide bonds. The quantitative estimate of drug-likeness (QED) is 0.856. The largest absolute Gasteiger partial charge is 0.396 e. The molecule has 116 valence electrons. The maximum absolute atomic E-state index is 12.6. The number of nitrogen functional groups attached to an aromatic ring is 1. The van der Waals surface area contributed by atoms with Crippen LogP contribution in [0.3, 0.4) is 0 Å². The van der Waals surface area contributed by atoms with Crippen molar-refractivity contribution < 1.29 is 4.79 Å². The summed E-state index contributed by atoms with van der Waals surface area (Å²) in [6.45, 7) is 1.38. The molecule has 0 radical (unpaired) electrons. The zero-order valence-electron chi connectivity index (χ0n) is 12.1. The molecule has 3 rings (SSSR count). The monoisotopic (exact) mass is 338 g/mol. The summed E-state index contributed by atoms with van der Waals surface area (Å²) in [7, 11) is 1.89. The van der Waals surface area contributed by atoms with Gasteiger partial charge in [-0.15, -0.1) is 0 Å². The number of carbonyl (C=O) groups excluding carboxylic acids is 1. The smallest absolute Gasteiger partial charge is 0.253 e. The van der Waals surface area contributed by atoms with E-state index in [9.17, 15) is 4.79 Å². The van der Waals surface area contributed by atoms with E-state index in [4.69, 9.17) is 28.9 Å². The second kappa shape index (κ2) is 5.82. The van der Waals surface area contributed by atoms with E-state index in [1.54, 1.807) is 16.8 Å². The summed E-state index contributed by atoms with van der Waals surface area (Å²) in [6, 6.07) is 3.14. The fourth-order valence-electron chi connectivity index (χ4n) is 2.76. The van der Waals surface area contributed by atoms with Crippen LogP contribution in [0, 0.1) is 0 Å². The van der Waals surface area contributed by atoms with Crippen LogP contribution in [0.4, 0.5) is 5.69 Å². The Kier molecular flexibility index (Phi) is 4.02. The van der Waals surface area contributed by atoms with E-state index in [0.717, 1.165) is 12.0 Å². The third kappa shape index (κ3) is 2.78. The lowest BCUT2D eigenvalue weighted by atomic mass is 10.0. The molecular formula is C15H16Cl2N4O. The van der Waals surface area contributed by atoms with Crippen molar-refractivity contribution in [1.29, 1.82) is 0 Å². The number of aromatic nitrogens is 2. The lowest BCUT2D eigenvalue weighted by Gasteiger charge is -2.17. The van der Waals surface area contributed by atoms with E-state index in [-0.39, 0.29) is 5.91 Å². The van der Waals surface area contributed by atoms with Gasteiger partial charge < -0.3 is 10.6 Å². The lowest BCUT2D eigenvalue weighted by Crippen LogP contribution is -2.28. The highest BCUT2D eigenvalue weighted by Gasteiger charge is 2.29. The topological polar surface area (TPSA) is 64.2 Å². The van der Waals surface area contributed by atoms with Crippen LogP contribution in [0.25, 0.3) is 0 Å². The zero-order valence-corrected chi connectivity index (χ0v) is 13.6. The molecule has 1 unspecified atom stereocenters. The molecule has 0 bridgehead atoms. The predicted molar refractivity (Wildman–Crippen MR) is 87.3 cm³/mol. The Hall–Kier alpha value is -1.72. The van der Waals surface area contributed by atoms with Gasteiger partial charge in [-0.2, -0.15) is 5.10 Å². The molecule has 1 aromatic heterocycles. The molecule has 1 fully saturated rings. The Morgan fingerprint density at radius 3 is 2.64 bits per heavy atom. The summed E-state index contributed by atoms with van der Waals surface area (Å²) in [5.41, 5.74) is 7.63. The molecule has 1 aliphatic heterocycles. The van der Waals surface area contributed by atoms with Gasteiger partial charge in [0, 0.05) is 37.8 Å². The Balaban J connectivity index is 1.77. The number of hydrogen-bond acceptors (Lipinski definition) is 3. The summed E-state index contributed by atoms with van der Waals surface area (Å²) >= 11 is 12.0. The Bertz CT molecular complexity index is 705. The number of benzene rings is 1. The van der Waals surface area contributed by atoms with Gasteiger partial charge in [-0.25, -0.2) is 0 Å². The number of likely N-dealkylation sites (tertiary alicyclic amines) is 1. The molecule has 1 aromatic carbocycles. The maximum Gasteiger partial charge on any atom is 0.253 e. The minimum absolute atomic E-state index is 0.0739. The summed E-state index contributed by atoms with van der Waals surface area (Å²) in [4.78, 5) is 14.4. The number of anilines is 1. The van der Waals surface area contributed by atoms with Crippen molar-refractivity contribution in [3.63, 3.8) is 0 Å². The van der Waals surface area contributed by atoms with Crippen LogP contribution in [0.5, 0.6) is 0 Å². The van der Waals surface area contributed by atoms with Gasteiger partial charge in [0.15, 0.2) is 0 Å². The average molecular weight is 339 g/mol. The molecule has 2 aromatic rings. The van der Waals surface area contributed by atoms with Crippen molar-refractivity contribution in [3.8, 4) is 0 Å². The molecule has 2 N–H and O–H groups in total. The number of aryl methyl sites for hydroxylation is 1. The van der Waals surface area contributed by atoms with E-state index < -0.39 is 0 Å². The highest BCUT2D eigenvalue weighted by molar-refractivity contribution is 6.39. The summed E-state index contributed by atoms with van der Waals surface area (Å²) in [6.07, 6.45) is 4.78. The van der Waals surface area contributed by atoms with Crippen LogP contribution < -0.4 is 5.73 Å². The number of carbonyl (C=O) groups is 1. The fourth-order valence-corrected chi connectivity index (χ4v) is 3.25. The maximum atomic E-state index is 12.6. The number of nitrogens with two attached hydrogens (primary N) is 1. The molecule has 1 aliphatic rings. The van der Waals surface area contributed by atoms with Crippen LogP contribution in [-0.2, 0) is 7.05 Å². The normalized spacial score (nSPS) is 18.0. The van der Waals surface area contributed by atoms with Crippen molar-refractivity contribution in [2.45, 2.75) is 12.3 Å². The average Bonchev–Trinajstić information content (AvgIpc) is 3.12. The molecule has 5 nitrogen and oxygen atoms in total. The molecular weight excluding hydrogens is 323 g/mol. The summed E-state index contributed by atoms with van der Waals surface area (Å²) < 4.78 is 1.78. The second-order valence-electron chi connectivity index (χ2n) is 5.54. The Labute approximate surface area is 138 Å². The van der Waals surface area contributed by atoms with Crippen LogP contribution in [0.1, 0.15) is 28.3 Å². The van der Waals surface area contributed by atoms with E-state index in [1.165, 1.54) is 0 Å². The number of hydrogen-bond donors (Lipinski definition) is 1. The molecule has 1 saturated heterocycles. The Morgan fingerprint density at radius 1 is 1.36 bits per heavy atom. The molecule has 0 aliphatic carbocycles. The van der Waals surface area contributed by atoms with Crippen molar-refractivity contribution in [2.24, 2.45) is 7.05 Å². The van der Waals surface area contributed by atoms with Gasteiger partial charge in [-0.1, -0.05) is 23.2 Å². The van der Waals surface area contributed by atoms with Gasteiger partial charge in [0.2, 0.25) is 0 Å². The first-order valence-corrected chi connectivity index (χ1v) is 7.73. The minimum atomic E-state index is -0.0739. The molecule has 1 atom stereocenters. The SMILES string of the molecule is Cn1cc(C2CCN(C(=O)c3cc(Cl)c(N)c(Cl)c3)C2)cn1. The number of nitrogens with zero attached hydrogens (tertiary/aromatic N) is 3. The Morgan fingerprint density at radius 2 is 2.05 bits per heavy atom. The third-order valence-electron chi connectivity index (χ3n) is 4.00. The number of rotatable bonds is 2. The molecule has 22 heavy (non-hydrogen) atoms. The minimum Gasteiger partial charge on any atom is -0.396 e. The van der Waals surface area contributed by atoms with Crippen LogP contribution >= 0.6 is 23.2 Å². The highest BCUT2D eigenvalue weighted by atomic mass is 35.5. The fraction of sp³-hybridized carbons (Fsp3) is 0.333. The lowest BCUT2D eigenvalue weighted by molar-refractivity contribution is 0.0791. The van der Waals surface area contributed by atoms with Gasteiger partial charge >= 0.3 is 0 Å². The first kappa shape index (κ1) is 15.2. The third-order valence-corrected chi connectivity index (χ3v) is 4.62. The van der Waals surface area contributed by atoms with E-state index >= 15 is 0 Å². The predicted octanol–water partition coefficient (Wildman–Crippen LogP) is 2.94. The van der Waals surface area contributed by atoms with Crippen molar-refractivity contribution >= 4 is 34.8 Å². The molecule has 0 saturated carbocycles. The van der Waals surface area contributed by atoms with E-state index in [2.05, 4.69) is 5.10 Å². The summed E-state index contributed by atoms with van der Waals surface area (Å²) in [5, 5.41) is 4.80. The highest BCUT2D eigenvalue weighted by Crippen LogP contribution is 2.31. The molecule has 0 spiro atoms.